The molecule has 0 heterocycles. The van der Waals surface area contributed by atoms with Crippen molar-refractivity contribution in [3.05, 3.63) is 92.9 Å². The van der Waals surface area contributed by atoms with Crippen molar-refractivity contribution in [2.45, 2.75) is 9.79 Å². The number of halogens is 4. The first-order valence-electron chi connectivity index (χ1n) is 6.96. The third-order valence-corrected chi connectivity index (χ3v) is 5.84. The summed E-state index contributed by atoms with van der Waals surface area (Å²) >= 11 is 22.5. The van der Waals surface area contributed by atoms with E-state index in [0.29, 0.717) is 10.0 Å². The number of hydrogen-bond acceptors (Lipinski definition) is 2. The second kappa shape index (κ2) is 15.0. The normalized spacial score (nSPS) is 9.57. The third kappa shape index (κ3) is 9.95. The number of benzene rings is 3. The fraction of sp³-hybridized carbons (Fsp3) is 0. The summed E-state index contributed by atoms with van der Waals surface area (Å²) in [5.41, 5.74) is 0. The number of rotatable bonds is 2. The molecule has 0 bridgehead atoms. The molecule has 0 aromatic heterocycles. The summed E-state index contributed by atoms with van der Waals surface area (Å²) in [5.74, 6) is 0. The van der Waals surface area contributed by atoms with Crippen LogP contribution >= 0.6 is 46.4 Å². The molecule has 0 aliphatic carbocycles. The van der Waals surface area contributed by atoms with Crippen LogP contribution < -0.4 is 59.1 Å². The molecule has 0 spiro atoms. The first kappa shape index (κ1) is 31.3. The zero-order valence-electron chi connectivity index (χ0n) is 15.1. The smallest absolute Gasteiger partial charge is 1.00 e. The fourth-order valence-corrected chi connectivity index (χ4v) is 3.56. The number of sulfone groups is 1. The van der Waals surface area contributed by atoms with Gasteiger partial charge in [-0.25, -0.2) is 8.42 Å². The van der Waals surface area contributed by atoms with Crippen LogP contribution in [-0.4, -0.2) is 8.42 Å². The molecule has 0 saturated heterocycles. The summed E-state index contributed by atoms with van der Waals surface area (Å²) in [6.45, 7) is 0. The maximum absolute atomic E-state index is 12.2. The molecule has 0 saturated carbocycles. The van der Waals surface area contributed by atoms with E-state index in [4.69, 9.17) is 46.4 Å². The maximum Gasteiger partial charge on any atom is 1.00 e. The summed E-state index contributed by atoms with van der Waals surface area (Å²) in [7, 11) is -3.49. The average molecular weight is 512 g/mol. The van der Waals surface area contributed by atoms with E-state index in [2.05, 4.69) is 0 Å². The van der Waals surface area contributed by atoms with Gasteiger partial charge in [-0.2, -0.15) is 0 Å². The van der Waals surface area contributed by atoms with Crippen molar-refractivity contribution in [1.82, 2.24) is 0 Å². The molecule has 3 rings (SSSR count). The predicted octanol–water partition coefficient (Wildman–Crippen LogP) is 0.825. The summed E-state index contributed by atoms with van der Waals surface area (Å²) < 4.78 is 24.3. The first-order chi connectivity index (χ1) is 11.8. The van der Waals surface area contributed by atoms with Crippen LogP contribution in [0.4, 0.5) is 0 Å². The molecule has 3 aromatic rings. The van der Waals surface area contributed by atoms with Crippen LogP contribution in [0.15, 0.2) is 82.6 Å². The molecule has 0 N–H and O–H groups in total. The van der Waals surface area contributed by atoms with E-state index in [1.54, 1.807) is 48.5 Å². The first-order valence-corrected chi connectivity index (χ1v) is 9.96. The van der Waals surface area contributed by atoms with Gasteiger partial charge in [-0.05, 0) is 72.8 Å². The van der Waals surface area contributed by atoms with Gasteiger partial charge in [0.25, 0.3) is 0 Å². The summed E-state index contributed by atoms with van der Waals surface area (Å²) in [5, 5.41) is 2.43. The van der Waals surface area contributed by atoms with Gasteiger partial charge in [-0.15, -0.1) is 0 Å². The van der Waals surface area contributed by atoms with Gasteiger partial charge in [-0.3, -0.25) is 0 Å². The Hall–Kier alpha value is 1.12. The second-order valence-corrected chi connectivity index (χ2v) is 8.54. The molecule has 2 nitrogen and oxygen atoms in total. The monoisotopic (exact) mass is 510 g/mol. The Morgan fingerprint density at radius 2 is 0.643 bits per heavy atom. The molecule has 28 heavy (non-hydrogen) atoms. The molecule has 0 amide bonds. The predicted molar refractivity (Wildman–Crippen MR) is 112 cm³/mol. The van der Waals surface area contributed by atoms with Crippen molar-refractivity contribution in [3.8, 4) is 0 Å². The van der Waals surface area contributed by atoms with Crippen molar-refractivity contribution in [2.24, 2.45) is 0 Å². The molecular formula is C18H12Cl4Na2O2S2. The van der Waals surface area contributed by atoms with Gasteiger partial charge in [0.2, 0.25) is 9.84 Å². The van der Waals surface area contributed by atoms with Gasteiger partial charge in [0.15, 0.2) is 0 Å². The molecule has 0 fully saturated rings. The van der Waals surface area contributed by atoms with Gasteiger partial charge in [0.1, 0.15) is 0 Å². The van der Waals surface area contributed by atoms with E-state index in [1.165, 1.54) is 24.3 Å². The Bertz CT molecular complexity index is 862. The van der Waals surface area contributed by atoms with Crippen molar-refractivity contribution >= 4 is 69.7 Å². The van der Waals surface area contributed by atoms with E-state index >= 15 is 0 Å². The van der Waals surface area contributed by atoms with Crippen LogP contribution in [0.1, 0.15) is 0 Å². The summed E-state index contributed by atoms with van der Waals surface area (Å²) in [6, 6.07) is 19.1. The van der Waals surface area contributed by atoms with Crippen molar-refractivity contribution < 1.29 is 67.5 Å². The molecule has 0 unspecified atom stereocenters. The molecule has 138 valence electrons. The van der Waals surface area contributed by atoms with Crippen molar-refractivity contribution in [3.63, 3.8) is 0 Å². The molecular weight excluding hydrogens is 500 g/mol. The zero-order chi connectivity index (χ0) is 18.4. The minimum atomic E-state index is -3.49. The van der Waals surface area contributed by atoms with Gasteiger partial charge < -0.3 is 13.5 Å². The Balaban J connectivity index is 0. The Labute approximate surface area is 236 Å². The minimum absolute atomic E-state index is 0. The molecule has 0 aliphatic heterocycles. The van der Waals surface area contributed by atoms with Crippen LogP contribution in [0, 0.1) is 0 Å². The van der Waals surface area contributed by atoms with Crippen molar-refractivity contribution in [2.75, 3.05) is 0 Å². The zero-order valence-corrected chi connectivity index (χ0v) is 23.7. The van der Waals surface area contributed by atoms with Crippen LogP contribution in [-0.2, 0) is 23.3 Å². The SMILES string of the molecule is Clc1ccc(Cl)cc1.O=S(=O)(c1ccc(Cl)cc1)c1ccc(Cl)cc1.[Na+].[Na+].[S-2]. The Kier molecular flexibility index (Phi) is 16.8. The van der Waals surface area contributed by atoms with Gasteiger partial charge in [0.05, 0.1) is 9.79 Å². The second-order valence-electron chi connectivity index (χ2n) is 4.85. The van der Waals surface area contributed by atoms with Gasteiger partial charge in [-0.1, -0.05) is 46.4 Å². The minimum Gasteiger partial charge on any atom is -2.00 e. The van der Waals surface area contributed by atoms with E-state index < -0.39 is 9.84 Å². The van der Waals surface area contributed by atoms with Gasteiger partial charge in [0, 0.05) is 20.1 Å². The topological polar surface area (TPSA) is 34.1 Å². The Morgan fingerprint density at radius 1 is 0.464 bits per heavy atom. The van der Waals surface area contributed by atoms with E-state index in [-0.39, 0.29) is 82.4 Å². The number of hydrogen-bond donors (Lipinski definition) is 0. The molecule has 0 radical (unpaired) electrons. The summed E-state index contributed by atoms with van der Waals surface area (Å²) in [4.78, 5) is 0.424. The quantitative estimate of drug-likeness (QED) is 0.477. The molecule has 3 aromatic carbocycles. The standard InChI is InChI=1S/C12H8Cl2O2S.C6H4Cl2.2Na.S/c13-9-1-5-11(6-2-9)17(15,16)12-7-3-10(14)4-8-12;7-5-1-2-6(8)4-3-5;;;/h1-8H;1-4H;;;/q;;2*+1;-2. The molecule has 10 heteroatoms. The third-order valence-electron chi connectivity index (χ3n) is 3.05. The maximum atomic E-state index is 12.2. The van der Waals surface area contributed by atoms with Crippen LogP contribution in [0.2, 0.25) is 20.1 Å². The molecule has 0 aliphatic rings. The van der Waals surface area contributed by atoms with E-state index in [0.717, 1.165) is 10.0 Å². The average Bonchev–Trinajstić information content (AvgIpc) is 2.59. The van der Waals surface area contributed by atoms with E-state index in [9.17, 15) is 8.42 Å². The largest absolute Gasteiger partial charge is 2.00 e. The van der Waals surface area contributed by atoms with Gasteiger partial charge >= 0.3 is 59.1 Å². The van der Waals surface area contributed by atoms with Crippen molar-refractivity contribution in [1.29, 1.82) is 0 Å². The van der Waals surface area contributed by atoms with Crippen LogP contribution in [0.5, 0.6) is 0 Å². The van der Waals surface area contributed by atoms with E-state index in [1.807, 2.05) is 0 Å². The summed E-state index contributed by atoms with van der Waals surface area (Å²) in [6.07, 6.45) is 0. The molecule has 0 atom stereocenters. The fourth-order valence-electron chi connectivity index (χ4n) is 1.79. The Morgan fingerprint density at radius 3 is 0.857 bits per heavy atom. The van der Waals surface area contributed by atoms with Crippen LogP contribution in [0.25, 0.3) is 0 Å². The van der Waals surface area contributed by atoms with Crippen LogP contribution in [0.3, 0.4) is 0 Å².